The number of amides is 1. The van der Waals surface area contributed by atoms with Crippen molar-refractivity contribution in [3.05, 3.63) is 24.3 Å². The topological polar surface area (TPSA) is 79.0 Å². The molecular formula is C19H31N3O4S. The molecule has 2 rings (SSSR count). The largest absolute Gasteiger partial charge is 0.494 e. The second-order valence-electron chi connectivity index (χ2n) is 6.96. The second kappa shape index (κ2) is 9.41. The highest BCUT2D eigenvalue weighted by Crippen LogP contribution is 2.27. The number of carbonyl (C=O) groups is 1. The van der Waals surface area contributed by atoms with E-state index in [0.717, 1.165) is 0 Å². The first-order chi connectivity index (χ1) is 12.8. The third kappa shape index (κ3) is 5.35. The summed E-state index contributed by atoms with van der Waals surface area (Å²) in [6, 6.07) is 7.08. The van der Waals surface area contributed by atoms with Gasteiger partial charge in [-0.25, -0.2) is 0 Å². The van der Waals surface area contributed by atoms with Gasteiger partial charge in [-0.05, 0) is 64.8 Å². The van der Waals surface area contributed by atoms with Crippen LogP contribution in [0.3, 0.4) is 0 Å². The van der Waals surface area contributed by atoms with Crippen molar-refractivity contribution in [3.8, 4) is 5.75 Å². The van der Waals surface area contributed by atoms with Gasteiger partial charge in [-0.1, -0.05) is 0 Å². The summed E-state index contributed by atoms with van der Waals surface area (Å²) >= 11 is 0. The molecule has 7 nitrogen and oxygen atoms in total. The van der Waals surface area contributed by atoms with E-state index in [2.05, 4.69) is 5.32 Å². The van der Waals surface area contributed by atoms with Crippen LogP contribution in [0.4, 0.5) is 5.69 Å². The fourth-order valence-corrected chi connectivity index (χ4v) is 4.98. The van der Waals surface area contributed by atoms with Gasteiger partial charge in [0, 0.05) is 25.7 Å². The summed E-state index contributed by atoms with van der Waals surface area (Å²) in [5.74, 6) is 0.321. The molecule has 1 aliphatic heterocycles. The van der Waals surface area contributed by atoms with Gasteiger partial charge in [-0.2, -0.15) is 12.7 Å². The van der Waals surface area contributed by atoms with E-state index in [0.29, 0.717) is 44.0 Å². The molecule has 0 spiro atoms. The Kier molecular flexibility index (Phi) is 7.49. The van der Waals surface area contributed by atoms with Crippen LogP contribution in [0.15, 0.2) is 24.3 Å². The van der Waals surface area contributed by atoms with Crippen molar-refractivity contribution < 1.29 is 17.9 Å². The van der Waals surface area contributed by atoms with Gasteiger partial charge in [-0.15, -0.1) is 0 Å². The summed E-state index contributed by atoms with van der Waals surface area (Å²) in [6.45, 7) is 9.04. The quantitative estimate of drug-likeness (QED) is 0.731. The zero-order valence-corrected chi connectivity index (χ0v) is 17.5. The number of piperidine rings is 1. The van der Waals surface area contributed by atoms with Gasteiger partial charge in [-0.3, -0.25) is 9.10 Å². The Morgan fingerprint density at radius 2 is 1.96 bits per heavy atom. The molecule has 152 valence electrons. The zero-order valence-electron chi connectivity index (χ0n) is 16.6. The summed E-state index contributed by atoms with van der Waals surface area (Å²) in [7, 11) is -3.70. The third-order valence-electron chi connectivity index (χ3n) is 4.51. The van der Waals surface area contributed by atoms with Crippen molar-refractivity contribution in [1.29, 1.82) is 0 Å². The monoisotopic (exact) mass is 397 g/mol. The number of carbonyl (C=O) groups excluding carboxylic acids is 1. The van der Waals surface area contributed by atoms with Gasteiger partial charge in [0.1, 0.15) is 5.75 Å². The fraction of sp³-hybridized carbons (Fsp3) is 0.632. The molecule has 1 heterocycles. The summed E-state index contributed by atoms with van der Waals surface area (Å²) in [5.41, 5.74) is 0.592. The summed E-state index contributed by atoms with van der Waals surface area (Å²) in [4.78, 5) is 12.3. The lowest BCUT2D eigenvalue weighted by Gasteiger charge is -2.35. The van der Waals surface area contributed by atoms with Crippen LogP contribution in [0.5, 0.6) is 5.75 Å². The Hall–Kier alpha value is -1.80. The van der Waals surface area contributed by atoms with Crippen LogP contribution in [-0.4, -0.2) is 50.9 Å². The molecule has 27 heavy (non-hydrogen) atoms. The number of hydrogen-bond donors (Lipinski definition) is 1. The molecule has 8 heteroatoms. The maximum absolute atomic E-state index is 13.2. The molecule has 1 aliphatic rings. The lowest BCUT2D eigenvalue weighted by Crippen LogP contribution is -2.51. The van der Waals surface area contributed by atoms with Crippen LogP contribution in [-0.2, 0) is 15.0 Å². The molecule has 1 fully saturated rings. The normalized spacial score (nSPS) is 18.3. The highest BCUT2D eigenvalue weighted by Gasteiger charge is 2.35. The predicted octanol–water partition coefficient (Wildman–Crippen LogP) is 2.39. The predicted molar refractivity (Wildman–Crippen MR) is 107 cm³/mol. The van der Waals surface area contributed by atoms with Crippen molar-refractivity contribution in [1.82, 2.24) is 9.62 Å². The van der Waals surface area contributed by atoms with Crippen molar-refractivity contribution in [2.24, 2.45) is 5.92 Å². The van der Waals surface area contributed by atoms with Crippen molar-refractivity contribution in [3.63, 3.8) is 0 Å². The van der Waals surface area contributed by atoms with Crippen molar-refractivity contribution >= 4 is 21.8 Å². The van der Waals surface area contributed by atoms with Gasteiger partial charge in [0.25, 0.3) is 0 Å². The molecule has 0 aromatic heterocycles. The molecule has 0 bridgehead atoms. The summed E-state index contributed by atoms with van der Waals surface area (Å²) in [5, 5.41) is 2.89. The van der Waals surface area contributed by atoms with E-state index in [-0.39, 0.29) is 24.4 Å². The maximum Gasteiger partial charge on any atom is 0.304 e. The molecule has 0 saturated carbocycles. The standard InChI is InChI=1S/C19H31N3O4S/c1-5-22(17-9-11-18(12-10-17)26-6-2)27(24,25)21-13-7-8-16(14-21)19(23)20-15(3)4/h9-12,15-16H,5-8,13-14H2,1-4H3,(H,20,23)/t16-/m1/s1. The lowest BCUT2D eigenvalue weighted by molar-refractivity contribution is -0.126. The lowest BCUT2D eigenvalue weighted by atomic mass is 9.98. The minimum Gasteiger partial charge on any atom is -0.494 e. The van der Waals surface area contributed by atoms with Gasteiger partial charge in [0.2, 0.25) is 5.91 Å². The van der Waals surface area contributed by atoms with Crippen molar-refractivity contribution in [2.75, 3.05) is 30.5 Å². The fourth-order valence-electron chi connectivity index (χ4n) is 3.26. The van der Waals surface area contributed by atoms with Gasteiger partial charge >= 0.3 is 10.2 Å². The highest BCUT2D eigenvalue weighted by atomic mass is 32.2. The van der Waals surface area contributed by atoms with E-state index >= 15 is 0 Å². The third-order valence-corrected chi connectivity index (χ3v) is 6.52. The Labute approximate surface area is 162 Å². The number of rotatable bonds is 8. The first kappa shape index (κ1) is 21.5. The zero-order chi connectivity index (χ0) is 20.0. The summed E-state index contributed by atoms with van der Waals surface area (Å²) in [6.07, 6.45) is 1.38. The van der Waals surface area contributed by atoms with Gasteiger partial charge in [0.05, 0.1) is 18.2 Å². The van der Waals surface area contributed by atoms with E-state index in [4.69, 9.17) is 4.74 Å². The van der Waals surface area contributed by atoms with Crippen molar-refractivity contribution in [2.45, 2.75) is 46.6 Å². The molecule has 1 saturated heterocycles. The number of anilines is 1. The highest BCUT2D eigenvalue weighted by molar-refractivity contribution is 7.90. The van der Waals surface area contributed by atoms with Crippen LogP contribution < -0.4 is 14.4 Å². The number of nitrogens with zero attached hydrogens (tertiary/aromatic N) is 2. The molecule has 1 aromatic carbocycles. The number of benzene rings is 1. The molecule has 1 aromatic rings. The van der Waals surface area contributed by atoms with Crippen LogP contribution >= 0.6 is 0 Å². The Morgan fingerprint density at radius 1 is 1.30 bits per heavy atom. The molecule has 0 radical (unpaired) electrons. The van der Waals surface area contributed by atoms with Gasteiger partial charge in [0.15, 0.2) is 0 Å². The average molecular weight is 398 g/mol. The Morgan fingerprint density at radius 3 is 2.52 bits per heavy atom. The Balaban J connectivity index is 2.17. The minimum atomic E-state index is -3.70. The van der Waals surface area contributed by atoms with Crippen LogP contribution in [0.25, 0.3) is 0 Å². The molecule has 1 N–H and O–H groups in total. The molecule has 0 aliphatic carbocycles. The van der Waals surface area contributed by atoms with Gasteiger partial charge < -0.3 is 10.1 Å². The number of ether oxygens (including phenoxy) is 1. The van der Waals surface area contributed by atoms with Crippen LogP contribution in [0.2, 0.25) is 0 Å². The first-order valence-corrected chi connectivity index (χ1v) is 11.0. The average Bonchev–Trinajstić information content (AvgIpc) is 2.63. The smallest absolute Gasteiger partial charge is 0.304 e. The molecule has 1 atom stereocenters. The Bertz CT molecular complexity index is 719. The van der Waals surface area contributed by atoms with E-state index in [1.165, 1.54) is 8.61 Å². The van der Waals surface area contributed by atoms with E-state index in [1.54, 1.807) is 31.2 Å². The summed E-state index contributed by atoms with van der Waals surface area (Å²) < 4.78 is 34.7. The van der Waals surface area contributed by atoms with E-state index in [9.17, 15) is 13.2 Å². The van der Waals surface area contributed by atoms with Crippen LogP contribution in [0.1, 0.15) is 40.5 Å². The second-order valence-corrected chi connectivity index (χ2v) is 8.81. The minimum absolute atomic E-state index is 0.0421. The molecular weight excluding hydrogens is 366 g/mol. The SMILES string of the molecule is CCOc1ccc(N(CC)S(=O)(=O)N2CCC[C@@H](C(=O)NC(C)C)C2)cc1. The van der Waals surface area contributed by atoms with E-state index in [1.807, 2.05) is 20.8 Å². The van der Waals surface area contributed by atoms with E-state index < -0.39 is 10.2 Å². The van der Waals surface area contributed by atoms with Crippen LogP contribution in [0, 0.1) is 5.92 Å². The first-order valence-electron chi connectivity index (χ1n) is 9.60. The number of hydrogen-bond acceptors (Lipinski definition) is 4. The number of nitrogens with one attached hydrogen (secondary N) is 1. The maximum atomic E-state index is 13.2. The molecule has 1 amide bonds. The molecule has 0 unspecified atom stereocenters.